The van der Waals surface area contributed by atoms with Crippen LogP contribution in [0.1, 0.15) is 36.5 Å². The van der Waals surface area contributed by atoms with Gasteiger partial charge in [-0.3, -0.25) is 9.59 Å². The maximum atomic E-state index is 11.7. The summed E-state index contributed by atoms with van der Waals surface area (Å²) in [4.78, 5) is 26.6. The summed E-state index contributed by atoms with van der Waals surface area (Å²) in [6.07, 6.45) is 2.50. The summed E-state index contributed by atoms with van der Waals surface area (Å²) in [6.45, 7) is 2.11. The molecule has 0 radical (unpaired) electrons. The normalized spacial score (nSPS) is 10.0. The van der Waals surface area contributed by atoms with E-state index in [9.17, 15) is 9.59 Å². The molecule has 92 valence electrons. The van der Waals surface area contributed by atoms with E-state index in [1.54, 1.807) is 19.1 Å². The second-order valence-corrected chi connectivity index (χ2v) is 3.78. The number of ether oxygens (including phenoxy) is 1. The van der Waals surface area contributed by atoms with Crippen LogP contribution in [-0.4, -0.2) is 23.3 Å². The molecule has 0 fully saturated rings. The number of rotatable bonds is 6. The lowest BCUT2D eigenvalue weighted by Crippen LogP contribution is -2.06. The number of ketones is 1. The van der Waals surface area contributed by atoms with Crippen molar-refractivity contribution in [3.8, 4) is 0 Å². The van der Waals surface area contributed by atoms with E-state index < -0.39 is 0 Å². The minimum absolute atomic E-state index is 0.104. The average molecular weight is 256 g/mol. The van der Waals surface area contributed by atoms with Crippen molar-refractivity contribution in [3.63, 3.8) is 0 Å². The third-order valence-electron chi connectivity index (χ3n) is 2.15. The monoisotopic (exact) mass is 255 g/mol. The highest BCUT2D eigenvalue weighted by molar-refractivity contribution is 6.32. The molecule has 17 heavy (non-hydrogen) atoms. The molecule has 5 heteroatoms. The van der Waals surface area contributed by atoms with E-state index in [-0.39, 0.29) is 29.7 Å². The van der Waals surface area contributed by atoms with Gasteiger partial charge in [-0.1, -0.05) is 11.6 Å². The van der Waals surface area contributed by atoms with E-state index in [0.717, 1.165) is 0 Å². The molecule has 1 rings (SSSR count). The Hall–Kier alpha value is -1.42. The third-order valence-corrected chi connectivity index (χ3v) is 2.45. The second kappa shape index (κ2) is 7.01. The number of pyridine rings is 1. The number of hydrogen-bond acceptors (Lipinski definition) is 4. The Balaban J connectivity index is 2.41. The number of carbonyl (C=O) groups excluding carboxylic acids is 2. The van der Waals surface area contributed by atoms with Crippen LogP contribution in [0.3, 0.4) is 0 Å². The summed E-state index contributed by atoms with van der Waals surface area (Å²) in [5.41, 5.74) is 0.401. The molecule has 0 aromatic carbocycles. The molecule has 1 heterocycles. The van der Waals surface area contributed by atoms with Crippen LogP contribution >= 0.6 is 11.6 Å². The molecule has 1 aromatic heterocycles. The van der Waals surface area contributed by atoms with Crippen LogP contribution in [0.25, 0.3) is 0 Å². The zero-order valence-electron chi connectivity index (χ0n) is 9.61. The van der Waals surface area contributed by atoms with E-state index in [4.69, 9.17) is 16.3 Å². The van der Waals surface area contributed by atoms with Crippen LogP contribution in [0, 0.1) is 0 Å². The van der Waals surface area contributed by atoms with Gasteiger partial charge in [-0.05, 0) is 25.5 Å². The third kappa shape index (κ3) is 4.53. The largest absolute Gasteiger partial charge is 0.466 e. The highest BCUT2D eigenvalue weighted by Crippen LogP contribution is 2.15. The summed E-state index contributed by atoms with van der Waals surface area (Å²) in [5.74, 6) is -0.384. The van der Waals surface area contributed by atoms with Crippen molar-refractivity contribution in [2.45, 2.75) is 26.2 Å². The van der Waals surface area contributed by atoms with Crippen molar-refractivity contribution in [1.82, 2.24) is 4.98 Å². The zero-order valence-corrected chi connectivity index (χ0v) is 10.4. The molecule has 0 saturated carbocycles. The molecule has 0 amide bonds. The molecule has 1 aromatic rings. The van der Waals surface area contributed by atoms with Gasteiger partial charge in [-0.2, -0.15) is 0 Å². The van der Waals surface area contributed by atoms with Gasteiger partial charge in [0.1, 0.15) is 5.15 Å². The molecule has 0 aliphatic heterocycles. The molecule has 4 nitrogen and oxygen atoms in total. The van der Waals surface area contributed by atoms with Crippen molar-refractivity contribution >= 4 is 23.4 Å². The van der Waals surface area contributed by atoms with E-state index in [1.807, 2.05) is 0 Å². The molecule has 0 aliphatic carbocycles. The second-order valence-electron chi connectivity index (χ2n) is 3.42. The van der Waals surface area contributed by atoms with Crippen molar-refractivity contribution < 1.29 is 14.3 Å². The Morgan fingerprint density at radius 1 is 1.41 bits per heavy atom. The SMILES string of the molecule is CCOC(=O)CCCC(=O)c1cccnc1Cl. The average Bonchev–Trinajstić information content (AvgIpc) is 2.29. The Morgan fingerprint density at radius 2 is 2.18 bits per heavy atom. The van der Waals surface area contributed by atoms with Gasteiger partial charge in [0.2, 0.25) is 0 Å². The molecule has 0 saturated heterocycles. The predicted molar refractivity (Wildman–Crippen MR) is 64.1 cm³/mol. The number of hydrogen-bond donors (Lipinski definition) is 0. The van der Waals surface area contributed by atoms with E-state index >= 15 is 0 Å². The van der Waals surface area contributed by atoms with Gasteiger partial charge in [0, 0.05) is 19.0 Å². The lowest BCUT2D eigenvalue weighted by Gasteiger charge is -2.03. The number of nitrogens with zero attached hydrogens (tertiary/aromatic N) is 1. The molecule has 0 bridgehead atoms. The molecule has 0 spiro atoms. The summed E-state index contributed by atoms with van der Waals surface area (Å²) < 4.78 is 4.76. The zero-order chi connectivity index (χ0) is 12.7. The van der Waals surface area contributed by atoms with Gasteiger partial charge in [-0.25, -0.2) is 4.98 Å². The van der Waals surface area contributed by atoms with Gasteiger partial charge in [-0.15, -0.1) is 0 Å². The van der Waals surface area contributed by atoms with Crippen molar-refractivity contribution in [2.75, 3.05) is 6.61 Å². The molecule has 0 atom stereocenters. The molecular weight excluding hydrogens is 242 g/mol. The van der Waals surface area contributed by atoms with E-state index in [2.05, 4.69) is 4.98 Å². The van der Waals surface area contributed by atoms with Gasteiger partial charge in [0.15, 0.2) is 5.78 Å². The minimum atomic E-state index is -0.280. The van der Waals surface area contributed by atoms with Crippen molar-refractivity contribution in [2.24, 2.45) is 0 Å². The van der Waals surface area contributed by atoms with Gasteiger partial charge in [0.05, 0.1) is 12.2 Å². The first-order valence-electron chi connectivity index (χ1n) is 5.44. The summed E-state index contributed by atoms with van der Waals surface area (Å²) in [6, 6.07) is 3.28. The van der Waals surface area contributed by atoms with Crippen molar-refractivity contribution in [1.29, 1.82) is 0 Å². The predicted octanol–water partition coefficient (Wildman–Crippen LogP) is 2.65. The number of Topliss-reactive ketones (excluding diaryl/α,β-unsaturated/α-hetero) is 1. The van der Waals surface area contributed by atoms with Crippen LogP contribution in [0.4, 0.5) is 0 Å². The van der Waals surface area contributed by atoms with Crippen LogP contribution in [-0.2, 0) is 9.53 Å². The van der Waals surface area contributed by atoms with Gasteiger partial charge < -0.3 is 4.74 Å². The van der Waals surface area contributed by atoms with Crippen molar-refractivity contribution in [3.05, 3.63) is 29.0 Å². The van der Waals surface area contributed by atoms with Gasteiger partial charge >= 0.3 is 5.97 Å². The minimum Gasteiger partial charge on any atom is -0.466 e. The fourth-order valence-corrected chi connectivity index (χ4v) is 1.58. The quantitative estimate of drug-likeness (QED) is 0.445. The van der Waals surface area contributed by atoms with E-state index in [0.29, 0.717) is 18.6 Å². The van der Waals surface area contributed by atoms with Crippen LogP contribution < -0.4 is 0 Å². The first kappa shape index (κ1) is 13.6. The summed E-state index contributed by atoms with van der Waals surface area (Å²) in [5, 5.41) is 0.202. The lowest BCUT2D eigenvalue weighted by molar-refractivity contribution is -0.143. The molecule has 0 aliphatic rings. The number of esters is 1. The van der Waals surface area contributed by atoms with Gasteiger partial charge in [0.25, 0.3) is 0 Å². The number of aromatic nitrogens is 1. The number of halogens is 1. The van der Waals surface area contributed by atoms with Crippen LogP contribution in [0.2, 0.25) is 5.15 Å². The smallest absolute Gasteiger partial charge is 0.305 e. The summed E-state index contributed by atoms with van der Waals surface area (Å²) >= 11 is 5.79. The fraction of sp³-hybridized carbons (Fsp3) is 0.417. The highest BCUT2D eigenvalue weighted by atomic mass is 35.5. The highest BCUT2D eigenvalue weighted by Gasteiger charge is 2.11. The maximum Gasteiger partial charge on any atom is 0.305 e. The van der Waals surface area contributed by atoms with E-state index in [1.165, 1.54) is 6.20 Å². The Kier molecular flexibility index (Phi) is 5.63. The lowest BCUT2D eigenvalue weighted by atomic mass is 10.1. The first-order valence-corrected chi connectivity index (χ1v) is 5.82. The Morgan fingerprint density at radius 3 is 2.82 bits per heavy atom. The molecule has 0 unspecified atom stereocenters. The first-order chi connectivity index (χ1) is 8.15. The fourth-order valence-electron chi connectivity index (χ4n) is 1.36. The Labute approximate surface area is 105 Å². The standard InChI is InChI=1S/C12H14ClNO3/c1-2-17-11(16)7-3-6-10(15)9-5-4-8-14-12(9)13/h4-5,8H,2-3,6-7H2,1H3. The number of carbonyl (C=O) groups is 2. The molecular formula is C12H14ClNO3. The van der Waals surface area contributed by atoms with Crippen LogP contribution in [0.5, 0.6) is 0 Å². The topological polar surface area (TPSA) is 56.3 Å². The van der Waals surface area contributed by atoms with Crippen LogP contribution in [0.15, 0.2) is 18.3 Å². The maximum absolute atomic E-state index is 11.7. The summed E-state index contributed by atoms with van der Waals surface area (Å²) in [7, 11) is 0. The Bertz CT molecular complexity index is 406. The molecule has 0 N–H and O–H groups in total.